The van der Waals surface area contributed by atoms with Crippen molar-refractivity contribution < 1.29 is 33.4 Å². The third kappa shape index (κ3) is 3.36. The number of likely N-dealkylation sites (tertiary alicyclic amines) is 1. The number of hydrogen-bond donors (Lipinski definition) is 2. The normalized spacial score (nSPS) is 22.2. The van der Waals surface area contributed by atoms with Crippen molar-refractivity contribution in [2.24, 2.45) is 0 Å². The second kappa shape index (κ2) is 7.08. The van der Waals surface area contributed by atoms with Crippen LogP contribution in [0.4, 0.5) is 14.9 Å². The molecule has 1 aromatic carbocycles. The van der Waals surface area contributed by atoms with Crippen molar-refractivity contribution in [2.45, 2.75) is 18.5 Å². The first-order valence-electron chi connectivity index (χ1n) is 7.87. The van der Waals surface area contributed by atoms with Gasteiger partial charge in [-0.3, -0.25) is 9.59 Å². The van der Waals surface area contributed by atoms with Gasteiger partial charge in [0.25, 0.3) is 5.91 Å². The molecule has 0 aromatic heterocycles. The number of carbonyl (C=O) groups is 4. The van der Waals surface area contributed by atoms with Crippen LogP contribution in [0.2, 0.25) is 0 Å². The molecule has 9 nitrogen and oxygen atoms in total. The molecule has 2 atom stereocenters. The Morgan fingerprint density at radius 1 is 1.23 bits per heavy atom. The zero-order chi connectivity index (χ0) is 18.8. The highest BCUT2D eigenvalue weighted by Gasteiger charge is 2.49. The maximum Gasteiger partial charge on any atom is 0.329 e. The van der Waals surface area contributed by atoms with Gasteiger partial charge in [0.05, 0.1) is 11.7 Å². The lowest BCUT2D eigenvalue weighted by Crippen LogP contribution is -2.65. The summed E-state index contributed by atoms with van der Waals surface area (Å²) in [5, 5.41) is 11.2. The standard InChI is InChI=1S/C16H16FN3O6/c17-9-1-3-10(4-2-9)20-15(24)14-11(18-16(20)25)5-6-19(14)12(21)7-26-8-13(22)23/h1-4,11,14H,5-8H2,(H,18,25)(H,22,23)/t11-,14+/m1/s1. The number of nitrogens with zero attached hydrogens (tertiary/aromatic N) is 2. The monoisotopic (exact) mass is 365 g/mol. The van der Waals surface area contributed by atoms with E-state index in [1.165, 1.54) is 17.0 Å². The first-order chi connectivity index (χ1) is 12.4. The first kappa shape index (κ1) is 17.8. The molecular weight excluding hydrogens is 349 g/mol. The van der Waals surface area contributed by atoms with Crippen LogP contribution in [0.3, 0.4) is 0 Å². The number of ether oxygens (including phenoxy) is 1. The van der Waals surface area contributed by atoms with Gasteiger partial charge < -0.3 is 20.1 Å². The van der Waals surface area contributed by atoms with Gasteiger partial charge in [-0.1, -0.05) is 0 Å². The smallest absolute Gasteiger partial charge is 0.329 e. The van der Waals surface area contributed by atoms with E-state index >= 15 is 0 Å². The molecule has 2 aliphatic heterocycles. The molecule has 0 aliphatic carbocycles. The fraction of sp³-hybridized carbons (Fsp3) is 0.375. The molecule has 4 amide bonds. The van der Waals surface area contributed by atoms with E-state index in [0.717, 1.165) is 17.0 Å². The molecule has 2 saturated heterocycles. The summed E-state index contributed by atoms with van der Waals surface area (Å²) in [5.74, 6) is -2.86. The molecule has 0 radical (unpaired) electrons. The number of fused-ring (bicyclic) bond motifs is 1. The van der Waals surface area contributed by atoms with Gasteiger partial charge in [0.1, 0.15) is 25.1 Å². The van der Waals surface area contributed by atoms with Crippen molar-refractivity contribution in [1.29, 1.82) is 0 Å². The zero-order valence-corrected chi connectivity index (χ0v) is 13.6. The lowest BCUT2D eigenvalue weighted by atomic mass is 10.0. The van der Waals surface area contributed by atoms with E-state index in [1.807, 2.05) is 0 Å². The van der Waals surface area contributed by atoms with Gasteiger partial charge in [-0.2, -0.15) is 0 Å². The second-order valence-corrected chi connectivity index (χ2v) is 5.91. The number of carbonyl (C=O) groups excluding carboxylic acids is 3. The molecule has 3 rings (SSSR count). The van der Waals surface area contributed by atoms with Gasteiger partial charge in [0.15, 0.2) is 0 Å². The fourth-order valence-corrected chi connectivity index (χ4v) is 3.13. The number of carboxylic acids is 1. The van der Waals surface area contributed by atoms with Crippen molar-refractivity contribution >= 4 is 29.5 Å². The minimum atomic E-state index is -1.21. The Morgan fingerprint density at radius 2 is 1.92 bits per heavy atom. The van der Waals surface area contributed by atoms with Gasteiger partial charge in [0.2, 0.25) is 5.91 Å². The lowest BCUT2D eigenvalue weighted by molar-refractivity contribution is -0.147. The number of amides is 4. The van der Waals surface area contributed by atoms with E-state index in [1.54, 1.807) is 0 Å². The van der Waals surface area contributed by atoms with E-state index in [4.69, 9.17) is 9.84 Å². The minimum Gasteiger partial charge on any atom is -0.480 e. The zero-order valence-electron chi connectivity index (χ0n) is 13.6. The molecule has 2 N–H and O–H groups in total. The number of hydrogen-bond acceptors (Lipinski definition) is 5. The number of nitrogens with one attached hydrogen (secondary N) is 1. The Kier molecular flexibility index (Phi) is 4.85. The number of rotatable bonds is 5. The summed E-state index contributed by atoms with van der Waals surface area (Å²) < 4.78 is 17.9. The van der Waals surface area contributed by atoms with Crippen LogP contribution >= 0.6 is 0 Å². The topological polar surface area (TPSA) is 116 Å². The van der Waals surface area contributed by atoms with E-state index in [-0.39, 0.29) is 12.2 Å². The van der Waals surface area contributed by atoms with Crippen LogP contribution in [0.1, 0.15) is 6.42 Å². The molecule has 0 bridgehead atoms. The van der Waals surface area contributed by atoms with Gasteiger partial charge in [-0.15, -0.1) is 0 Å². The molecule has 0 saturated carbocycles. The summed E-state index contributed by atoms with van der Waals surface area (Å²) in [4.78, 5) is 50.0. The van der Waals surface area contributed by atoms with Crippen LogP contribution in [0.5, 0.6) is 0 Å². The van der Waals surface area contributed by atoms with Gasteiger partial charge in [-0.25, -0.2) is 18.9 Å². The van der Waals surface area contributed by atoms with Crippen LogP contribution in [-0.4, -0.2) is 65.7 Å². The van der Waals surface area contributed by atoms with Crippen molar-refractivity contribution in [1.82, 2.24) is 10.2 Å². The summed E-state index contributed by atoms with van der Waals surface area (Å²) in [6, 6.07) is 2.75. The highest BCUT2D eigenvalue weighted by atomic mass is 19.1. The highest BCUT2D eigenvalue weighted by molar-refractivity contribution is 6.19. The quantitative estimate of drug-likeness (QED) is 0.756. The predicted molar refractivity (Wildman–Crippen MR) is 84.8 cm³/mol. The van der Waals surface area contributed by atoms with Crippen molar-refractivity contribution in [3.05, 3.63) is 30.1 Å². The molecule has 1 aromatic rings. The summed E-state index contributed by atoms with van der Waals surface area (Å²) in [5.41, 5.74) is 0.189. The molecule has 2 aliphatic rings. The molecule has 10 heteroatoms. The van der Waals surface area contributed by atoms with E-state index in [9.17, 15) is 23.6 Å². The van der Waals surface area contributed by atoms with Crippen LogP contribution < -0.4 is 10.2 Å². The Hall–Kier alpha value is -3.01. The van der Waals surface area contributed by atoms with Crippen molar-refractivity contribution in [3.63, 3.8) is 0 Å². The van der Waals surface area contributed by atoms with E-state index in [2.05, 4.69) is 5.32 Å². The van der Waals surface area contributed by atoms with Crippen molar-refractivity contribution in [2.75, 3.05) is 24.7 Å². The number of urea groups is 1. The molecule has 138 valence electrons. The summed E-state index contributed by atoms with van der Waals surface area (Å²) in [7, 11) is 0. The molecular formula is C16H16FN3O6. The van der Waals surface area contributed by atoms with E-state index in [0.29, 0.717) is 6.42 Å². The van der Waals surface area contributed by atoms with E-state index < -0.39 is 54.9 Å². The second-order valence-electron chi connectivity index (χ2n) is 5.91. The van der Waals surface area contributed by atoms with Gasteiger partial charge >= 0.3 is 12.0 Å². The number of carboxylic acid groups (broad SMARTS) is 1. The first-order valence-corrected chi connectivity index (χ1v) is 7.87. The number of imide groups is 1. The number of anilines is 1. The number of benzene rings is 1. The Morgan fingerprint density at radius 3 is 2.58 bits per heavy atom. The molecule has 26 heavy (non-hydrogen) atoms. The highest BCUT2D eigenvalue weighted by Crippen LogP contribution is 2.27. The Labute approximate surface area is 147 Å². The minimum absolute atomic E-state index is 0.189. The molecule has 0 spiro atoms. The SMILES string of the molecule is O=C(O)COCC(=O)N1CC[C@H]2NC(=O)N(c3ccc(F)cc3)C(=O)[C@H]21. The lowest BCUT2D eigenvalue weighted by Gasteiger charge is -2.36. The third-order valence-electron chi connectivity index (χ3n) is 4.24. The predicted octanol–water partition coefficient (Wildman–Crippen LogP) is -0.0474. The number of aliphatic carboxylic acids is 1. The summed E-state index contributed by atoms with van der Waals surface area (Å²) in [6.45, 7) is -0.874. The maximum absolute atomic E-state index is 13.1. The fourth-order valence-electron chi connectivity index (χ4n) is 3.13. The largest absolute Gasteiger partial charge is 0.480 e. The van der Waals surface area contributed by atoms with Crippen LogP contribution in [0.25, 0.3) is 0 Å². The van der Waals surface area contributed by atoms with Crippen LogP contribution in [0.15, 0.2) is 24.3 Å². The van der Waals surface area contributed by atoms with Gasteiger partial charge in [0, 0.05) is 6.54 Å². The van der Waals surface area contributed by atoms with Crippen LogP contribution in [0, 0.1) is 5.82 Å². The summed E-state index contributed by atoms with van der Waals surface area (Å²) >= 11 is 0. The Balaban J connectivity index is 1.77. The Bertz CT molecular complexity index is 753. The molecule has 2 heterocycles. The summed E-state index contributed by atoms with van der Waals surface area (Å²) in [6.07, 6.45) is 0.393. The van der Waals surface area contributed by atoms with Crippen LogP contribution in [-0.2, 0) is 19.1 Å². The average Bonchev–Trinajstić information content (AvgIpc) is 3.00. The van der Waals surface area contributed by atoms with Crippen molar-refractivity contribution in [3.8, 4) is 0 Å². The number of halogens is 1. The molecule has 0 unspecified atom stereocenters. The average molecular weight is 365 g/mol. The van der Waals surface area contributed by atoms with Gasteiger partial charge in [-0.05, 0) is 30.7 Å². The molecule has 2 fully saturated rings. The maximum atomic E-state index is 13.1. The third-order valence-corrected chi connectivity index (χ3v) is 4.24.